The topological polar surface area (TPSA) is 33.1 Å². The summed E-state index contributed by atoms with van der Waals surface area (Å²) in [5.74, 6) is -0.225. The fourth-order valence-corrected chi connectivity index (χ4v) is 1.49. The van der Waals surface area contributed by atoms with Gasteiger partial charge in [-0.2, -0.15) is 0 Å². The summed E-state index contributed by atoms with van der Waals surface area (Å²) in [6, 6.07) is 10.1. The first-order chi connectivity index (χ1) is 7.78. The minimum Gasteiger partial charge on any atom is -0.390 e. The van der Waals surface area contributed by atoms with Crippen LogP contribution in [0.1, 0.15) is 16.8 Å². The summed E-state index contributed by atoms with van der Waals surface area (Å²) in [6.07, 6.45) is 2.45. The number of aliphatic hydroxyl groups is 1. The molecule has 0 radical (unpaired) electrons. The van der Waals surface area contributed by atoms with Crippen LogP contribution in [0, 0.1) is 5.82 Å². The van der Waals surface area contributed by atoms with E-state index in [0.29, 0.717) is 5.69 Å². The van der Waals surface area contributed by atoms with Gasteiger partial charge in [0.05, 0.1) is 12.3 Å². The maximum absolute atomic E-state index is 12.7. The quantitative estimate of drug-likeness (QED) is 0.855. The van der Waals surface area contributed by atoms with E-state index < -0.39 is 0 Å². The highest BCUT2D eigenvalue weighted by atomic mass is 19.1. The second-order valence-corrected chi connectivity index (χ2v) is 3.62. The van der Waals surface area contributed by atoms with Crippen LogP contribution in [-0.2, 0) is 13.0 Å². The molecular weight excluding hydrogens is 205 g/mol. The highest BCUT2D eigenvalue weighted by Gasteiger charge is 1.98. The molecule has 0 saturated heterocycles. The number of aliphatic hydroxyl groups excluding tert-OH is 1. The number of pyridine rings is 1. The molecule has 1 N–H and O–H groups in total. The van der Waals surface area contributed by atoms with Crippen molar-refractivity contribution in [1.82, 2.24) is 4.98 Å². The van der Waals surface area contributed by atoms with Crippen molar-refractivity contribution in [3.63, 3.8) is 0 Å². The summed E-state index contributed by atoms with van der Waals surface area (Å²) in [4.78, 5) is 4.09. The van der Waals surface area contributed by atoms with Gasteiger partial charge in [0.25, 0.3) is 0 Å². The van der Waals surface area contributed by atoms with Gasteiger partial charge < -0.3 is 5.11 Å². The van der Waals surface area contributed by atoms with Crippen molar-refractivity contribution >= 4 is 0 Å². The van der Waals surface area contributed by atoms with E-state index >= 15 is 0 Å². The van der Waals surface area contributed by atoms with Crippen LogP contribution in [0.2, 0.25) is 0 Å². The second-order valence-electron chi connectivity index (χ2n) is 3.62. The average Bonchev–Trinajstić information content (AvgIpc) is 2.33. The highest BCUT2D eigenvalue weighted by Crippen LogP contribution is 2.10. The van der Waals surface area contributed by atoms with Crippen LogP contribution in [0.4, 0.5) is 4.39 Å². The van der Waals surface area contributed by atoms with Gasteiger partial charge in [0.15, 0.2) is 0 Å². The van der Waals surface area contributed by atoms with E-state index in [2.05, 4.69) is 4.98 Å². The Kier molecular flexibility index (Phi) is 3.27. The zero-order valence-electron chi connectivity index (χ0n) is 8.73. The Labute approximate surface area is 93.4 Å². The summed E-state index contributed by atoms with van der Waals surface area (Å²) in [5, 5.41) is 8.84. The summed E-state index contributed by atoms with van der Waals surface area (Å²) in [7, 11) is 0. The van der Waals surface area contributed by atoms with E-state index in [1.54, 1.807) is 24.4 Å². The molecule has 1 aromatic carbocycles. The summed E-state index contributed by atoms with van der Waals surface area (Å²) >= 11 is 0. The zero-order valence-corrected chi connectivity index (χ0v) is 8.73. The lowest BCUT2D eigenvalue weighted by atomic mass is 10.1. The van der Waals surface area contributed by atoms with Crippen LogP contribution in [0.15, 0.2) is 42.6 Å². The lowest BCUT2D eigenvalue weighted by Gasteiger charge is -2.02. The smallest absolute Gasteiger partial charge is 0.123 e. The van der Waals surface area contributed by atoms with Crippen molar-refractivity contribution < 1.29 is 9.50 Å². The first-order valence-corrected chi connectivity index (χ1v) is 5.07. The van der Waals surface area contributed by atoms with Gasteiger partial charge in [0, 0.05) is 6.20 Å². The van der Waals surface area contributed by atoms with Gasteiger partial charge in [-0.3, -0.25) is 4.98 Å². The third-order valence-electron chi connectivity index (χ3n) is 2.37. The molecule has 0 fully saturated rings. The Bertz CT molecular complexity index is 450. The molecule has 0 aliphatic carbocycles. The van der Waals surface area contributed by atoms with E-state index in [0.717, 1.165) is 17.5 Å². The number of benzene rings is 1. The molecular formula is C13H12FNO. The van der Waals surface area contributed by atoms with Gasteiger partial charge in [-0.1, -0.05) is 18.2 Å². The fourth-order valence-electron chi connectivity index (χ4n) is 1.49. The molecule has 16 heavy (non-hydrogen) atoms. The Morgan fingerprint density at radius 3 is 2.25 bits per heavy atom. The normalized spacial score (nSPS) is 10.4. The van der Waals surface area contributed by atoms with E-state index in [4.69, 9.17) is 5.11 Å². The molecule has 0 unspecified atom stereocenters. The number of hydrogen-bond donors (Lipinski definition) is 1. The van der Waals surface area contributed by atoms with Crippen LogP contribution in [0.25, 0.3) is 0 Å². The molecule has 2 nitrogen and oxygen atoms in total. The maximum atomic E-state index is 12.7. The fraction of sp³-hybridized carbons (Fsp3) is 0.154. The van der Waals surface area contributed by atoms with Crippen molar-refractivity contribution in [3.8, 4) is 0 Å². The Morgan fingerprint density at radius 1 is 1.00 bits per heavy atom. The lowest BCUT2D eigenvalue weighted by molar-refractivity contribution is 0.277. The third-order valence-corrected chi connectivity index (χ3v) is 2.37. The predicted molar refractivity (Wildman–Crippen MR) is 59.4 cm³/mol. The first kappa shape index (κ1) is 10.8. The number of hydrogen-bond acceptors (Lipinski definition) is 2. The summed E-state index contributed by atoms with van der Waals surface area (Å²) in [5.41, 5.74) is 2.74. The van der Waals surface area contributed by atoms with Crippen LogP contribution >= 0.6 is 0 Å². The standard InChI is InChI=1S/C13H12FNO/c14-12-4-1-10(2-5-12)7-11-3-6-13(9-16)15-8-11/h1-6,8,16H,7,9H2. The number of halogens is 1. The minimum absolute atomic E-state index is 0.0448. The minimum atomic E-state index is -0.225. The monoisotopic (exact) mass is 217 g/mol. The van der Waals surface area contributed by atoms with Crippen LogP contribution < -0.4 is 0 Å². The highest BCUT2D eigenvalue weighted by molar-refractivity contribution is 5.25. The largest absolute Gasteiger partial charge is 0.390 e. The Hall–Kier alpha value is -1.74. The molecule has 2 aromatic rings. The van der Waals surface area contributed by atoms with Gasteiger partial charge in [-0.25, -0.2) is 4.39 Å². The Balaban J connectivity index is 2.11. The van der Waals surface area contributed by atoms with Crippen molar-refractivity contribution in [2.24, 2.45) is 0 Å². The molecule has 0 bridgehead atoms. The molecule has 0 spiro atoms. The van der Waals surface area contributed by atoms with Crippen LogP contribution in [-0.4, -0.2) is 10.1 Å². The van der Waals surface area contributed by atoms with Gasteiger partial charge in [0.2, 0.25) is 0 Å². The number of rotatable bonds is 3. The third kappa shape index (κ3) is 2.64. The van der Waals surface area contributed by atoms with E-state index in [9.17, 15) is 4.39 Å². The van der Waals surface area contributed by atoms with Gasteiger partial charge in [0.1, 0.15) is 5.82 Å². The van der Waals surface area contributed by atoms with Crippen LogP contribution in [0.3, 0.4) is 0 Å². The van der Waals surface area contributed by atoms with Gasteiger partial charge in [-0.15, -0.1) is 0 Å². The summed E-state index contributed by atoms with van der Waals surface area (Å²) in [6.45, 7) is -0.0448. The first-order valence-electron chi connectivity index (χ1n) is 5.07. The SMILES string of the molecule is OCc1ccc(Cc2ccc(F)cc2)cn1. The molecule has 0 aliphatic heterocycles. The van der Waals surface area contributed by atoms with Gasteiger partial charge in [-0.05, 0) is 35.7 Å². The van der Waals surface area contributed by atoms with Crippen molar-refractivity contribution in [2.75, 3.05) is 0 Å². The zero-order chi connectivity index (χ0) is 11.4. The van der Waals surface area contributed by atoms with E-state index in [1.807, 2.05) is 6.07 Å². The van der Waals surface area contributed by atoms with E-state index in [1.165, 1.54) is 12.1 Å². The maximum Gasteiger partial charge on any atom is 0.123 e. The lowest BCUT2D eigenvalue weighted by Crippen LogP contribution is -1.93. The molecule has 0 aliphatic rings. The van der Waals surface area contributed by atoms with Crippen molar-refractivity contribution in [3.05, 3.63) is 65.2 Å². The van der Waals surface area contributed by atoms with Gasteiger partial charge >= 0.3 is 0 Å². The predicted octanol–water partition coefficient (Wildman–Crippen LogP) is 2.30. The number of aromatic nitrogens is 1. The molecule has 82 valence electrons. The average molecular weight is 217 g/mol. The molecule has 0 saturated carbocycles. The molecule has 3 heteroatoms. The van der Waals surface area contributed by atoms with Crippen LogP contribution in [0.5, 0.6) is 0 Å². The molecule has 1 heterocycles. The summed E-state index contributed by atoms with van der Waals surface area (Å²) < 4.78 is 12.7. The molecule has 1 aromatic heterocycles. The van der Waals surface area contributed by atoms with Crippen molar-refractivity contribution in [2.45, 2.75) is 13.0 Å². The second kappa shape index (κ2) is 4.86. The molecule has 2 rings (SSSR count). The molecule has 0 amide bonds. The van der Waals surface area contributed by atoms with E-state index in [-0.39, 0.29) is 12.4 Å². The molecule has 0 atom stereocenters. The Morgan fingerprint density at radius 2 is 1.69 bits per heavy atom. The number of nitrogens with zero attached hydrogens (tertiary/aromatic N) is 1. The van der Waals surface area contributed by atoms with Crippen molar-refractivity contribution in [1.29, 1.82) is 0 Å².